The quantitative estimate of drug-likeness (QED) is 0.0256. The van der Waals surface area contributed by atoms with Gasteiger partial charge in [-0.15, -0.1) is 0 Å². The van der Waals surface area contributed by atoms with Gasteiger partial charge in [0.25, 0.3) is 0 Å². The number of hydrogen-bond donors (Lipinski definition) is 0. The molecule has 0 bridgehead atoms. The smallest absolute Gasteiger partial charge is 0.306 e. The molecule has 9 heteroatoms. The van der Waals surface area contributed by atoms with Crippen LogP contribution in [0.1, 0.15) is 341 Å². The van der Waals surface area contributed by atoms with Crippen LogP contribution in [0.3, 0.4) is 0 Å². The minimum atomic E-state index is -1.61. The predicted octanol–water partition coefficient (Wildman–Crippen LogP) is 18.2. The number of aliphatic carboxylic acids is 1. The molecule has 0 spiro atoms. The summed E-state index contributed by atoms with van der Waals surface area (Å²) in [7, 11) is 5.94. The van der Waals surface area contributed by atoms with E-state index in [9.17, 15) is 19.5 Å². The van der Waals surface area contributed by atoms with Gasteiger partial charge < -0.3 is 33.3 Å². The molecule has 0 aromatic rings. The van der Waals surface area contributed by atoms with Crippen LogP contribution in [0.25, 0.3) is 0 Å². The van der Waals surface area contributed by atoms with Crippen LogP contribution in [0.5, 0.6) is 0 Å². The van der Waals surface area contributed by atoms with Crippen LogP contribution in [0.4, 0.5) is 0 Å². The summed E-state index contributed by atoms with van der Waals surface area (Å²) in [5.74, 6) is -2.25. The number of ether oxygens (including phenoxy) is 4. The Morgan fingerprint density at radius 1 is 0.351 bits per heavy atom. The number of carbonyl (C=O) groups excluding carboxylic acids is 3. The standard InChI is InChI=1S/C65H127NO8/c1-6-8-10-12-14-16-18-20-22-24-25-26-27-28-29-30-31-32-33-34-35-36-37-38-40-42-44-46-48-50-52-54-56-63(68)74-61(60-73-65(64(69)70)71-58-57-66(3,4)5)59-72-62(67)55-53-51-49-47-45-43-41-39-23-21-19-17-15-13-11-9-7-2/h61,65H,6-60H2,1-5H3. The van der Waals surface area contributed by atoms with E-state index in [-0.39, 0.29) is 32.2 Å². The fourth-order valence-corrected chi connectivity index (χ4v) is 10.1. The molecule has 0 heterocycles. The number of likely N-dealkylation sites (N-methyl/N-ethyl adjacent to an activating group) is 1. The third-order valence-electron chi connectivity index (χ3n) is 15.1. The van der Waals surface area contributed by atoms with Crippen LogP contribution in [-0.4, -0.2) is 82.3 Å². The average molecular weight is 1050 g/mol. The molecule has 0 aliphatic rings. The molecular formula is C65H127NO8. The second-order valence-electron chi connectivity index (χ2n) is 23.8. The molecule has 2 unspecified atom stereocenters. The summed E-state index contributed by atoms with van der Waals surface area (Å²) in [6.07, 6.45) is 63.3. The van der Waals surface area contributed by atoms with Crippen molar-refractivity contribution in [2.24, 2.45) is 0 Å². The molecular weight excluding hydrogens is 923 g/mol. The normalized spacial score (nSPS) is 12.6. The van der Waals surface area contributed by atoms with Crippen molar-refractivity contribution in [3.05, 3.63) is 0 Å². The van der Waals surface area contributed by atoms with E-state index in [1.165, 1.54) is 276 Å². The van der Waals surface area contributed by atoms with Gasteiger partial charge in [0.2, 0.25) is 0 Å². The van der Waals surface area contributed by atoms with Gasteiger partial charge in [-0.3, -0.25) is 9.59 Å². The van der Waals surface area contributed by atoms with E-state index in [0.29, 0.717) is 17.4 Å². The minimum Gasteiger partial charge on any atom is -0.545 e. The Balaban J connectivity index is 4.02. The van der Waals surface area contributed by atoms with Crippen LogP contribution in [0, 0.1) is 0 Å². The zero-order valence-electron chi connectivity index (χ0n) is 50.3. The number of esters is 2. The first-order chi connectivity index (χ1) is 36.1. The van der Waals surface area contributed by atoms with Gasteiger partial charge >= 0.3 is 11.9 Å². The number of quaternary nitrogens is 1. The summed E-state index contributed by atoms with van der Waals surface area (Å²) in [6.45, 7) is 4.83. The van der Waals surface area contributed by atoms with Gasteiger partial charge in [-0.2, -0.15) is 0 Å². The number of unbranched alkanes of at least 4 members (excludes halogenated alkanes) is 47. The third kappa shape index (κ3) is 58.0. The zero-order valence-corrected chi connectivity index (χ0v) is 50.3. The van der Waals surface area contributed by atoms with Gasteiger partial charge in [-0.05, 0) is 12.8 Å². The number of nitrogens with zero attached hydrogens (tertiary/aromatic N) is 1. The summed E-state index contributed by atoms with van der Waals surface area (Å²) in [5.41, 5.74) is 0. The number of hydrogen-bond acceptors (Lipinski definition) is 8. The molecule has 0 rings (SSSR count). The molecule has 0 aliphatic heterocycles. The van der Waals surface area contributed by atoms with Gasteiger partial charge in [0.05, 0.1) is 40.3 Å². The third-order valence-corrected chi connectivity index (χ3v) is 15.1. The minimum absolute atomic E-state index is 0.153. The zero-order chi connectivity index (χ0) is 54.1. The molecule has 9 nitrogen and oxygen atoms in total. The summed E-state index contributed by atoms with van der Waals surface area (Å²) >= 11 is 0. The number of carboxylic acids is 1. The second-order valence-corrected chi connectivity index (χ2v) is 23.8. The Kier molecular flexibility index (Phi) is 56.1. The molecule has 440 valence electrons. The highest BCUT2D eigenvalue weighted by Crippen LogP contribution is 2.19. The SMILES string of the molecule is CCCCCCCCCCCCCCCCCCCCCCCCCCCCCCCCCCC(=O)OC(COC(=O)CCCCCCCCCCCCCCCCCCC)COC(OCC[N+](C)(C)C)C(=O)[O-]. The van der Waals surface area contributed by atoms with E-state index in [0.717, 1.165) is 38.5 Å². The van der Waals surface area contributed by atoms with Crippen molar-refractivity contribution >= 4 is 17.9 Å². The lowest BCUT2D eigenvalue weighted by Crippen LogP contribution is -2.44. The fraction of sp³-hybridized carbons (Fsp3) is 0.954. The Morgan fingerprint density at radius 2 is 0.608 bits per heavy atom. The molecule has 0 aromatic heterocycles. The van der Waals surface area contributed by atoms with Crippen molar-refractivity contribution < 1.29 is 42.9 Å². The fourth-order valence-electron chi connectivity index (χ4n) is 10.1. The first-order valence-electron chi connectivity index (χ1n) is 32.7. The highest BCUT2D eigenvalue weighted by atomic mass is 16.7. The van der Waals surface area contributed by atoms with Gasteiger partial charge in [-0.25, -0.2) is 0 Å². The maximum absolute atomic E-state index is 12.9. The highest BCUT2D eigenvalue weighted by molar-refractivity contribution is 5.70. The first-order valence-corrected chi connectivity index (χ1v) is 32.7. The lowest BCUT2D eigenvalue weighted by atomic mass is 10.0. The number of carboxylic acid groups (broad SMARTS) is 1. The molecule has 0 saturated heterocycles. The van der Waals surface area contributed by atoms with E-state index in [1.807, 2.05) is 21.1 Å². The Labute approximate surface area is 460 Å². The number of rotatable bonds is 62. The molecule has 0 saturated carbocycles. The van der Waals surface area contributed by atoms with Gasteiger partial charge in [-0.1, -0.05) is 316 Å². The molecule has 0 radical (unpaired) electrons. The molecule has 0 fully saturated rings. The molecule has 0 aliphatic carbocycles. The van der Waals surface area contributed by atoms with E-state index in [2.05, 4.69) is 13.8 Å². The molecule has 74 heavy (non-hydrogen) atoms. The summed E-state index contributed by atoms with van der Waals surface area (Å²) < 4.78 is 22.8. The Hall–Kier alpha value is -1.71. The second kappa shape index (κ2) is 57.5. The van der Waals surface area contributed by atoms with Crippen LogP contribution >= 0.6 is 0 Å². The van der Waals surface area contributed by atoms with Crippen LogP contribution < -0.4 is 5.11 Å². The maximum atomic E-state index is 12.9. The van der Waals surface area contributed by atoms with Crippen molar-refractivity contribution in [3.63, 3.8) is 0 Å². The summed E-state index contributed by atoms with van der Waals surface area (Å²) in [6, 6.07) is 0. The highest BCUT2D eigenvalue weighted by Gasteiger charge is 2.22. The predicted molar refractivity (Wildman–Crippen MR) is 311 cm³/mol. The van der Waals surface area contributed by atoms with Gasteiger partial charge in [0.1, 0.15) is 13.2 Å². The largest absolute Gasteiger partial charge is 0.545 e. The Morgan fingerprint density at radius 3 is 0.865 bits per heavy atom. The first kappa shape index (κ1) is 72.3. The van der Waals surface area contributed by atoms with Crippen molar-refractivity contribution in [1.29, 1.82) is 0 Å². The number of carbonyl (C=O) groups is 3. The summed E-state index contributed by atoms with van der Waals surface area (Å²) in [5, 5.41) is 11.8. The molecule has 2 atom stereocenters. The van der Waals surface area contributed by atoms with E-state index in [4.69, 9.17) is 18.9 Å². The van der Waals surface area contributed by atoms with E-state index < -0.39 is 24.3 Å². The van der Waals surface area contributed by atoms with Crippen LogP contribution in [0.15, 0.2) is 0 Å². The van der Waals surface area contributed by atoms with Crippen molar-refractivity contribution in [2.75, 3.05) is 47.5 Å². The van der Waals surface area contributed by atoms with Crippen molar-refractivity contribution in [1.82, 2.24) is 0 Å². The van der Waals surface area contributed by atoms with Crippen molar-refractivity contribution in [2.45, 2.75) is 354 Å². The molecule has 0 aromatic carbocycles. The lowest BCUT2D eigenvalue weighted by Gasteiger charge is -2.26. The van der Waals surface area contributed by atoms with Crippen LogP contribution in [0.2, 0.25) is 0 Å². The van der Waals surface area contributed by atoms with Gasteiger partial charge in [0, 0.05) is 12.8 Å². The topological polar surface area (TPSA) is 111 Å². The summed E-state index contributed by atoms with van der Waals surface area (Å²) in [4.78, 5) is 37.3. The monoisotopic (exact) mass is 1050 g/mol. The molecule has 0 N–H and O–H groups in total. The van der Waals surface area contributed by atoms with Crippen LogP contribution in [-0.2, 0) is 33.3 Å². The lowest BCUT2D eigenvalue weighted by molar-refractivity contribution is -0.870. The average Bonchev–Trinajstić information content (AvgIpc) is 3.37. The van der Waals surface area contributed by atoms with E-state index in [1.54, 1.807) is 0 Å². The van der Waals surface area contributed by atoms with E-state index >= 15 is 0 Å². The van der Waals surface area contributed by atoms with Gasteiger partial charge in [0.15, 0.2) is 12.4 Å². The molecule has 0 amide bonds. The Bertz CT molecular complexity index is 1180. The van der Waals surface area contributed by atoms with Crippen molar-refractivity contribution in [3.8, 4) is 0 Å². The maximum Gasteiger partial charge on any atom is 0.306 e.